The molecule has 0 aliphatic heterocycles. The third-order valence-corrected chi connectivity index (χ3v) is 3.63. The lowest BCUT2D eigenvalue weighted by Crippen LogP contribution is -2.15. The monoisotopic (exact) mass is 323 g/mol. The molecule has 0 aliphatic carbocycles. The molecule has 8 heteroatoms. The number of hydrogen-bond donors (Lipinski definition) is 1. The summed E-state index contributed by atoms with van der Waals surface area (Å²) in [7, 11) is 0. The number of thioether (sulfide) groups is 1. The Kier molecular flexibility index (Phi) is 4.77. The summed E-state index contributed by atoms with van der Waals surface area (Å²) < 4.78 is 0. The fraction of sp³-hybridized carbons (Fsp3) is 0.0769. The number of aromatic nitrogens is 1. The number of benzene rings is 1. The van der Waals surface area contributed by atoms with Crippen molar-refractivity contribution in [1.82, 2.24) is 4.98 Å². The molecule has 1 N–H and O–H groups in total. The van der Waals surface area contributed by atoms with Gasteiger partial charge in [0.05, 0.1) is 10.5 Å². The third kappa shape index (κ3) is 3.50. The molecule has 1 aromatic carbocycles. The van der Waals surface area contributed by atoms with Gasteiger partial charge in [0.25, 0.3) is 5.91 Å². The zero-order valence-electron chi connectivity index (χ0n) is 10.9. The van der Waals surface area contributed by atoms with Gasteiger partial charge in [-0.3, -0.25) is 14.9 Å². The van der Waals surface area contributed by atoms with E-state index in [-0.39, 0.29) is 16.7 Å². The van der Waals surface area contributed by atoms with Crippen LogP contribution >= 0.6 is 23.4 Å². The van der Waals surface area contributed by atoms with Crippen LogP contribution in [-0.4, -0.2) is 22.1 Å². The highest BCUT2D eigenvalue weighted by atomic mass is 35.5. The molecule has 0 atom stereocenters. The number of nitrogens with one attached hydrogen (secondary N) is 1. The van der Waals surface area contributed by atoms with Gasteiger partial charge in [-0.05, 0) is 24.5 Å². The quantitative estimate of drug-likeness (QED) is 0.402. The molecule has 0 bridgehead atoms. The molecule has 6 nitrogen and oxygen atoms in total. The molecule has 1 aromatic heterocycles. The molecule has 0 unspecified atom stereocenters. The highest BCUT2D eigenvalue weighted by Crippen LogP contribution is 2.26. The first-order valence-electron chi connectivity index (χ1n) is 5.78. The summed E-state index contributed by atoms with van der Waals surface area (Å²) in [4.78, 5) is 27.1. The predicted octanol–water partition coefficient (Wildman–Crippen LogP) is 3.62. The first-order chi connectivity index (χ1) is 10.0. The number of pyridine rings is 1. The zero-order chi connectivity index (χ0) is 15.4. The van der Waals surface area contributed by atoms with Crippen molar-refractivity contribution in [2.24, 2.45) is 0 Å². The van der Waals surface area contributed by atoms with Crippen molar-refractivity contribution in [2.45, 2.75) is 4.90 Å². The van der Waals surface area contributed by atoms with E-state index in [2.05, 4.69) is 10.3 Å². The standard InChI is InChI=1S/C13H10ClN3O3S/c1-21-10-5-3-2-4-8(10)13(18)16-12-9(17(19)20)6-7-11(14)15-12/h2-7H,1H3,(H,15,16,18). The van der Waals surface area contributed by atoms with Gasteiger partial charge in [-0.15, -0.1) is 11.8 Å². The summed E-state index contributed by atoms with van der Waals surface area (Å²) in [6.07, 6.45) is 1.84. The van der Waals surface area contributed by atoms with Crippen LogP contribution in [0.1, 0.15) is 10.4 Å². The molecule has 0 saturated carbocycles. The van der Waals surface area contributed by atoms with Crippen molar-refractivity contribution in [1.29, 1.82) is 0 Å². The smallest absolute Gasteiger partial charge is 0.301 e. The topological polar surface area (TPSA) is 85.1 Å². The Balaban J connectivity index is 2.36. The van der Waals surface area contributed by atoms with Crippen LogP contribution in [0.25, 0.3) is 0 Å². The normalized spacial score (nSPS) is 10.2. The van der Waals surface area contributed by atoms with Crippen molar-refractivity contribution in [3.05, 3.63) is 57.2 Å². The van der Waals surface area contributed by atoms with Crippen LogP contribution in [0.2, 0.25) is 5.15 Å². The number of amides is 1. The van der Waals surface area contributed by atoms with Crippen molar-refractivity contribution in [3.8, 4) is 0 Å². The van der Waals surface area contributed by atoms with Crippen LogP contribution in [0.5, 0.6) is 0 Å². The van der Waals surface area contributed by atoms with E-state index in [1.165, 1.54) is 23.9 Å². The molecule has 1 amide bonds. The van der Waals surface area contributed by atoms with Crippen LogP contribution in [0.3, 0.4) is 0 Å². The average Bonchev–Trinajstić information content (AvgIpc) is 2.46. The minimum absolute atomic E-state index is 0.0639. The lowest BCUT2D eigenvalue weighted by atomic mass is 10.2. The maximum atomic E-state index is 12.2. The molecule has 0 saturated heterocycles. The zero-order valence-corrected chi connectivity index (χ0v) is 12.4. The maximum Gasteiger partial charge on any atom is 0.311 e. The van der Waals surface area contributed by atoms with Gasteiger partial charge in [-0.2, -0.15) is 0 Å². The first-order valence-corrected chi connectivity index (χ1v) is 7.38. The fourth-order valence-corrected chi connectivity index (χ4v) is 2.42. The Hall–Kier alpha value is -2.12. The van der Waals surface area contributed by atoms with E-state index in [9.17, 15) is 14.9 Å². The molecule has 21 heavy (non-hydrogen) atoms. The molecular formula is C13H10ClN3O3S. The minimum Gasteiger partial charge on any atom is -0.301 e. The summed E-state index contributed by atoms with van der Waals surface area (Å²) >= 11 is 7.13. The molecule has 108 valence electrons. The summed E-state index contributed by atoms with van der Waals surface area (Å²) in [6, 6.07) is 9.45. The van der Waals surface area contributed by atoms with E-state index in [4.69, 9.17) is 11.6 Å². The van der Waals surface area contributed by atoms with Crippen molar-refractivity contribution >= 4 is 40.8 Å². The molecular weight excluding hydrogens is 314 g/mol. The average molecular weight is 324 g/mol. The van der Waals surface area contributed by atoms with E-state index in [1.807, 2.05) is 12.3 Å². The summed E-state index contributed by atoms with van der Waals surface area (Å²) in [5.74, 6) is -0.647. The second-order valence-electron chi connectivity index (χ2n) is 3.91. The van der Waals surface area contributed by atoms with Crippen molar-refractivity contribution in [3.63, 3.8) is 0 Å². The van der Waals surface area contributed by atoms with E-state index in [1.54, 1.807) is 18.2 Å². The van der Waals surface area contributed by atoms with Gasteiger partial charge < -0.3 is 5.32 Å². The van der Waals surface area contributed by atoms with Gasteiger partial charge in [-0.1, -0.05) is 23.7 Å². The van der Waals surface area contributed by atoms with Crippen LogP contribution in [-0.2, 0) is 0 Å². The van der Waals surface area contributed by atoms with Gasteiger partial charge in [0.15, 0.2) is 0 Å². The second-order valence-corrected chi connectivity index (χ2v) is 5.15. The number of nitrogens with zero attached hydrogens (tertiary/aromatic N) is 2. The van der Waals surface area contributed by atoms with Crippen molar-refractivity contribution < 1.29 is 9.72 Å². The molecule has 0 radical (unpaired) electrons. The second kappa shape index (κ2) is 6.55. The molecule has 2 aromatic rings. The van der Waals surface area contributed by atoms with E-state index >= 15 is 0 Å². The highest BCUT2D eigenvalue weighted by Gasteiger charge is 2.19. The number of carbonyl (C=O) groups is 1. The predicted molar refractivity (Wildman–Crippen MR) is 82.1 cm³/mol. The van der Waals surface area contributed by atoms with Gasteiger partial charge in [-0.25, -0.2) is 4.98 Å². The lowest BCUT2D eigenvalue weighted by molar-refractivity contribution is -0.384. The van der Waals surface area contributed by atoms with Gasteiger partial charge in [0.2, 0.25) is 5.82 Å². The third-order valence-electron chi connectivity index (χ3n) is 2.62. The Bertz CT molecular complexity index is 709. The Morgan fingerprint density at radius 3 is 2.71 bits per heavy atom. The largest absolute Gasteiger partial charge is 0.311 e. The van der Waals surface area contributed by atoms with E-state index in [0.717, 1.165) is 4.90 Å². The Morgan fingerprint density at radius 1 is 1.33 bits per heavy atom. The number of rotatable bonds is 4. The molecule has 0 fully saturated rings. The van der Waals surface area contributed by atoms with Crippen LogP contribution in [0.4, 0.5) is 11.5 Å². The summed E-state index contributed by atoms with van der Waals surface area (Å²) in [5.41, 5.74) is 0.107. The van der Waals surface area contributed by atoms with Crippen LogP contribution < -0.4 is 5.32 Å². The number of halogens is 1. The fourth-order valence-electron chi connectivity index (χ4n) is 1.67. The first kappa shape index (κ1) is 15.3. The Morgan fingerprint density at radius 2 is 2.05 bits per heavy atom. The SMILES string of the molecule is CSc1ccccc1C(=O)Nc1nc(Cl)ccc1[N+](=O)[O-]. The number of carbonyl (C=O) groups excluding carboxylic acids is 1. The van der Waals surface area contributed by atoms with Gasteiger partial charge >= 0.3 is 5.69 Å². The molecule has 2 rings (SSSR count). The number of nitro groups is 1. The van der Waals surface area contributed by atoms with Crippen LogP contribution in [0.15, 0.2) is 41.3 Å². The number of anilines is 1. The van der Waals surface area contributed by atoms with Crippen LogP contribution in [0, 0.1) is 10.1 Å². The maximum absolute atomic E-state index is 12.2. The van der Waals surface area contributed by atoms with E-state index < -0.39 is 10.8 Å². The van der Waals surface area contributed by atoms with Gasteiger partial charge in [0, 0.05) is 11.0 Å². The summed E-state index contributed by atoms with van der Waals surface area (Å²) in [5, 5.41) is 13.4. The van der Waals surface area contributed by atoms with E-state index in [0.29, 0.717) is 5.56 Å². The van der Waals surface area contributed by atoms with Gasteiger partial charge in [0.1, 0.15) is 5.15 Å². The Labute approximate surface area is 129 Å². The highest BCUT2D eigenvalue weighted by molar-refractivity contribution is 7.98. The lowest BCUT2D eigenvalue weighted by Gasteiger charge is -2.08. The molecule has 0 spiro atoms. The number of hydrogen-bond acceptors (Lipinski definition) is 5. The van der Waals surface area contributed by atoms with Crippen molar-refractivity contribution in [2.75, 3.05) is 11.6 Å². The summed E-state index contributed by atoms with van der Waals surface area (Å²) in [6.45, 7) is 0. The molecule has 0 aliphatic rings. The molecule has 1 heterocycles. The minimum atomic E-state index is -0.626.